The van der Waals surface area contributed by atoms with E-state index in [1.54, 1.807) is 0 Å². The number of aromatic nitrogens is 2. The van der Waals surface area contributed by atoms with E-state index in [1.165, 1.54) is 56.0 Å². The van der Waals surface area contributed by atoms with Gasteiger partial charge in [-0.05, 0) is 54.7 Å². The lowest BCUT2D eigenvalue weighted by Gasteiger charge is -2.37. The topological polar surface area (TPSA) is 103 Å². The summed E-state index contributed by atoms with van der Waals surface area (Å²) < 4.78 is 92.9. The first-order valence-electron chi connectivity index (χ1n) is 11.0. The Balaban J connectivity index is 1.55. The van der Waals surface area contributed by atoms with E-state index in [2.05, 4.69) is 9.71 Å². The average molecular weight is 537 g/mol. The highest BCUT2D eigenvalue weighted by molar-refractivity contribution is 7.92. The van der Waals surface area contributed by atoms with Gasteiger partial charge in [0.25, 0.3) is 15.6 Å². The number of hydrogen-bond acceptors (Lipinski definition) is 6. The predicted octanol–water partition coefficient (Wildman–Crippen LogP) is 4.98. The van der Waals surface area contributed by atoms with Crippen molar-refractivity contribution in [2.75, 3.05) is 11.8 Å². The predicted molar refractivity (Wildman–Crippen MR) is 125 cm³/mol. The Morgan fingerprint density at radius 2 is 1.89 bits per heavy atom. The molecular formula is C24H19F4N3O5S. The van der Waals surface area contributed by atoms with Crippen molar-refractivity contribution in [3.63, 3.8) is 0 Å². The van der Waals surface area contributed by atoms with Crippen LogP contribution >= 0.6 is 0 Å². The van der Waals surface area contributed by atoms with Crippen molar-refractivity contribution in [1.82, 2.24) is 9.55 Å². The standard InChI is InChI=1S/C24H19F4N3O5S/c1-35-21-11-17(14-8-15(9-14)24(26,27)28)18(25)12-20(21)31-19-4-3-16(10-13(19)2-5-22(31)32)37(33,34)30-23-29-6-7-36-23/h2-7,10-12,14-15H,8-9H2,1H3,(H,29,30). The highest BCUT2D eigenvalue weighted by Gasteiger charge is 2.48. The number of fused-ring (bicyclic) bond motifs is 1. The summed E-state index contributed by atoms with van der Waals surface area (Å²) in [5, 5.41) is 0.341. The lowest BCUT2D eigenvalue weighted by atomic mass is 9.71. The van der Waals surface area contributed by atoms with Crippen LogP contribution in [0, 0.1) is 11.7 Å². The fourth-order valence-electron chi connectivity index (χ4n) is 4.44. The Labute approximate surface area is 207 Å². The van der Waals surface area contributed by atoms with Crippen molar-refractivity contribution < 1.29 is 35.1 Å². The van der Waals surface area contributed by atoms with Crippen LogP contribution in [-0.4, -0.2) is 31.3 Å². The first kappa shape index (κ1) is 24.8. The zero-order valence-corrected chi connectivity index (χ0v) is 19.9. The second-order valence-corrected chi connectivity index (χ2v) is 10.3. The number of rotatable bonds is 6. The van der Waals surface area contributed by atoms with E-state index in [9.17, 15) is 26.4 Å². The molecule has 1 saturated carbocycles. The molecule has 0 spiro atoms. The molecule has 1 aliphatic carbocycles. The molecule has 194 valence electrons. The van der Waals surface area contributed by atoms with Crippen LogP contribution in [0.15, 0.2) is 69.0 Å². The molecule has 0 bridgehead atoms. The second kappa shape index (κ2) is 8.91. The molecule has 8 nitrogen and oxygen atoms in total. The monoisotopic (exact) mass is 537 g/mol. The third-order valence-electron chi connectivity index (χ3n) is 6.41. The van der Waals surface area contributed by atoms with Crippen molar-refractivity contribution in [2.45, 2.75) is 29.8 Å². The highest BCUT2D eigenvalue weighted by Crippen LogP contribution is 2.50. The summed E-state index contributed by atoms with van der Waals surface area (Å²) in [5.41, 5.74) is -0.180. The van der Waals surface area contributed by atoms with Gasteiger partial charge in [0, 0.05) is 17.5 Å². The van der Waals surface area contributed by atoms with Crippen LogP contribution < -0.4 is 15.0 Å². The second-order valence-electron chi connectivity index (χ2n) is 8.62. The van der Waals surface area contributed by atoms with Gasteiger partial charge in [0.1, 0.15) is 17.8 Å². The molecule has 1 N–H and O–H groups in total. The Hall–Kier alpha value is -3.87. The number of alkyl halides is 3. The Kier molecular flexibility index (Phi) is 5.97. The van der Waals surface area contributed by atoms with Crippen molar-refractivity contribution in [3.05, 3.63) is 76.7 Å². The maximum atomic E-state index is 15.1. The van der Waals surface area contributed by atoms with Gasteiger partial charge in [-0.3, -0.25) is 9.36 Å². The average Bonchev–Trinajstić information content (AvgIpc) is 3.30. The zero-order chi connectivity index (χ0) is 26.5. The summed E-state index contributed by atoms with van der Waals surface area (Å²) in [6.45, 7) is 0. The maximum absolute atomic E-state index is 15.1. The lowest BCUT2D eigenvalue weighted by molar-refractivity contribution is -0.197. The Morgan fingerprint density at radius 1 is 1.14 bits per heavy atom. The van der Waals surface area contributed by atoms with E-state index in [4.69, 9.17) is 9.15 Å². The van der Waals surface area contributed by atoms with Crippen LogP contribution in [0.5, 0.6) is 5.75 Å². The summed E-state index contributed by atoms with van der Waals surface area (Å²) in [4.78, 5) is 16.4. The number of methoxy groups -OCH3 is 1. The molecule has 2 heterocycles. The molecule has 0 unspecified atom stereocenters. The van der Waals surface area contributed by atoms with Crippen LogP contribution in [0.3, 0.4) is 0 Å². The fraction of sp³-hybridized carbons (Fsp3) is 0.250. The Morgan fingerprint density at radius 3 is 2.54 bits per heavy atom. The summed E-state index contributed by atoms with van der Waals surface area (Å²) in [5.74, 6) is -2.78. The molecule has 0 radical (unpaired) electrons. The fourth-order valence-corrected chi connectivity index (χ4v) is 5.41. The molecule has 13 heteroatoms. The van der Waals surface area contributed by atoms with E-state index in [1.807, 2.05) is 0 Å². The molecule has 4 aromatic rings. The van der Waals surface area contributed by atoms with Gasteiger partial charge in [-0.2, -0.15) is 13.2 Å². The Bertz CT molecular complexity index is 1640. The normalized spacial score (nSPS) is 18.0. The number of hydrogen-bond donors (Lipinski definition) is 1. The van der Waals surface area contributed by atoms with Crippen molar-refractivity contribution >= 4 is 26.9 Å². The number of halogens is 4. The van der Waals surface area contributed by atoms with Gasteiger partial charge in [-0.25, -0.2) is 22.5 Å². The van der Waals surface area contributed by atoms with Gasteiger partial charge in [-0.1, -0.05) is 0 Å². The molecule has 0 saturated heterocycles. The molecule has 2 aromatic heterocycles. The maximum Gasteiger partial charge on any atom is 0.391 e. The van der Waals surface area contributed by atoms with Crippen LogP contribution in [0.25, 0.3) is 16.6 Å². The number of nitrogens with one attached hydrogen (secondary N) is 1. The van der Waals surface area contributed by atoms with E-state index in [-0.39, 0.29) is 46.3 Å². The zero-order valence-electron chi connectivity index (χ0n) is 19.1. The van der Waals surface area contributed by atoms with Crippen LogP contribution in [0.2, 0.25) is 0 Å². The molecule has 1 fully saturated rings. The first-order valence-corrected chi connectivity index (χ1v) is 12.5. The number of benzene rings is 2. The number of anilines is 1. The number of oxazole rings is 1. The molecular weight excluding hydrogens is 518 g/mol. The SMILES string of the molecule is COc1cc(C2CC(C(F)(F)F)C2)c(F)cc1-n1c(=O)ccc2cc(S(=O)(=O)Nc3ncco3)ccc21. The minimum Gasteiger partial charge on any atom is -0.495 e. The molecule has 0 aliphatic heterocycles. The van der Waals surface area contributed by atoms with Crippen molar-refractivity contribution in [2.24, 2.45) is 5.92 Å². The van der Waals surface area contributed by atoms with Gasteiger partial charge in [0.15, 0.2) is 0 Å². The highest BCUT2D eigenvalue weighted by atomic mass is 32.2. The number of sulfonamides is 1. The summed E-state index contributed by atoms with van der Waals surface area (Å²) in [7, 11) is -2.77. The molecule has 1 aliphatic rings. The van der Waals surface area contributed by atoms with Crippen LogP contribution in [-0.2, 0) is 10.0 Å². The first-order chi connectivity index (χ1) is 17.5. The number of nitrogens with zero attached hydrogens (tertiary/aromatic N) is 2. The van der Waals surface area contributed by atoms with Gasteiger partial charge in [-0.15, -0.1) is 0 Å². The van der Waals surface area contributed by atoms with Crippen LogP contribution in [0.4, 0.5) is 23.6 Å². The van der Waals surface area contributed by atoms with E-state index >= 15 is 4.39 Å². The minimum absolute atomic E-state index is 0.0274. The summed E-state index contributed by atoms with van der Waals surface area (Å²) in [6, 6.07) is 8.69. The number of ether oxygens (including phenoxy) is 1. The lowest BCUT2D eigenvalue weighted by Crippen LogP contribution is -2.34. The summed E-state index contributed by atoms with van der Waals surface area (Å²) >= 11 is 0. The molecule has 0 atom stereocenters. The smallest absolute Gasteiger partial charge is 0.391 e. The number of pyridine rings is 1. The van der Waals surface area contributed by atoms with Gasteiger partial charge in [0.2, 0.25) is 0 Å². The third-order valence-corrected chi connectivity index (χ3v) is 7.73. The van der Waals surface area contributed by atoms with Gasteiger partial charge < -0.3 is 9.15 Å². The van der Waals surface area contributed by atoms with Crippen molar-refractivity contribution in [3.8, 4) is 11.4 Å². The molecule has 5 rings (SSSR count). The quantitative estimate of drug-likeness (QED) is 0.348. The van der Waals surface area contributed by atoms with Gasteiger partial charge >= 0.3 is 12.2 Å². The van der Waals surface area contributed by atoms with Gasteiger partial charge in [0.05, 0.1) is 35.3 Å². The van der Waals surface area contributed by atoms with E-state index in [0.717, 1.165) is 10.6 Å². The van der Waals surface area contributed by atoms with E-state index in [0.29, 0.717) is 5.39 Å². The largest absolute Gasteiger partial charge is 0.495 e. The molecule has 37 heavy (non-hydrogen) atoms. The minimum atomic E-state index is -4.33. The van der Waals surface area contributed by atoms with Crippen LogP contribution in [0.1, 0.15) is 24.3 Å². The summed E-state index contributed by atoms with van der Waals surface area (Å²) in [6.07, 6.45) is -2.31. The van der Waals surface area contributed by atoms with Crippen molar-refractivity contribution in [1.29, 1.82) is 0 Å². The molecule has 2 aromatic carbocycles. The molecule has 0 amide bonds. The van der Waals surface area contributed by atoms with E-state index < -0.39 is 39.4 Å². The third kappa shape index (κ3) is 4.54.